The minimum absolute atomic E-state index is 0. The van der Waals surface area contributed by atoms with E-state index in [9.17, 15) is 0 Å². The van der Waals surface area contributed by atoms with E-state index in [1.165, 1.54) is 7.11 Å². The van der Waals surface area contributed by atoms with Crippen LogP contribution in [0.1, 0.15) is 5.56 Å². The van der Waals surface area contributed by atoms with E-state index in [2.05, 4.69) is 15.9 Å². The smallest absolute Gasteiger partial charge is 0.153 e. The SMILES string of the molecule is COC(=N)c1c[c-]ncc1.[W]. The largest absolute Gasteiger partial charge is 0.491 e. The first kappa shape index (κ1) is 10.3. The van der Waals surface area contributed by atoms with Gasteiger partial charge in [0, 0.05) is 21.1 Å². The predicted octanol–water partition coefficient (Wildman–Crippen LogP) is 0.851. The van der Waals surface area contributed by atoms with Crippen LogP contribution in [0.15, 0.2) is 18.3 Å². The van der Waals surface area contributed by atoms with Crippen molar-refractivity contribution in [2.45, 2.75) is 0 Å². The summed E-state index contributed by atoms with van der Waals surface area (Å²) >= 11 is 0. The zero-order chi connectivity index (χ0) is 7.40. The summed E-state index contributed by atoms with van der Waals surface area (Å²) in [6.07, 6.45) is 4.18. The number of nitrogens with one attached hydrogen (secondary N) is 1. The molecule has 11 heavy (non-hydrogen) atoms. The van der Waals surface area contributed by atoms with E-state index in [0.29, 0.717) is 5.56 Å². The fraction of sp³-hybridized carbons (Fsp3) is 0.143. The van der Waals surface area contributed by atoms with Crippen LogP contribution < -0.4 is 0 Å². The van der Waals surface area contributed by atoms with Gasteiger partial charge in [0.2, 0.25) is 0 Å². The van der Waals surface area contributed by atoms with E-state index in [-0.39, 0.29) is 27.0 Å². The molecule has 4 heteroatoms. The second kappa shape index (κ2) is 5.02. The fourth-order valence-corrected chi connectivity index (χ4v) is 0.575. The average Bonchev–Trinajstić information content (AvgIpc) is 2.05. The number of ether oxygens (including phenoxy) is 1. The molecule has 0 aromatic carbocycles. The Balaban J connectivity index is 0.000001000. The number of hydrogen-bond acceptors (Lipinski definition) is 3. The van der Waals surface area contributed by atoms with Crippen molar-refractivity contribution in [2.75, 3.05) is 7.11 Å². The molecule has 0 saturated heterocycles. The summed E-state index contributed by atoms with van der Waals surface area (Å²) in [7, 11) is 1.46. The van der Waals surface area contributed by atoms with Crippen molar-refractivity contribution in [3.8, 4) is 0 Å². The van der Waals surface area contributed by atoms with Crippen molar-refractivity contribution >= 4 is 5.90 Å². The van der Waals surface area contributed by atoms with Crippen molar-refractivity contribution in [1.82, 2.24) is 4.98 Å². The van der Waals surface area contributed by atoms with E-state index in [1.54, 1.807) is 18.3 Å². The van der Waals surface area contributed by atoms with Gasteiger partial charge in [-0.15, -0.1) is 12.1 Å². The molecule has 0 aliphatic rings. The Kier molecular flexibility index (Phi) is 4.71. The Bertz CT molecular complexity index is 225. The second-order valence-electron chi connectivity index (χ2n) is 1.71. The van der Waals surface area contributed by atoms with Crippen LogP contribution in [0.4, 0.5) is 0 Å². The van der Waals surface area contributed by atoms with Crippen LogP contribution in [0, 0.1) is 11.6 Å². The first-order valence-electron chi connectivity index (χ1n) is 2.79. The van der Waals surface area contributed by atoms with Crippen molar-refractivity contribution in [2.24, 2.45) is 0 Å². The van der Waals surface area contributed by atoms with Crippen LogP contribution in [0.5, 0.6) is 0 Å². The predicted molar refractivity (Wildman–Crippen MR) is 36.9 cm³/mol. The maximum absolute atomic E-state index is 7.21. The van der Waals surface area contributed by atoms with E-state index in [4.69, 9.17) is 5.41 Å². The zero-order valence-electron chi connectivity index (χ0n) is 6.00. The molecule has 0 fully saturated rings. The molecule has 1 aromatic rings. The Labute approximate surface area is 79.6 Å². The van der Waals surface area contributed by atoms with Gasteiger partial charge in [0.1, 0.15) is 0 Å². The molecule has 58 valence electrons. The first-order valence-corrected chi connectivity index (χ1v) is 2.79. The minimum Gasteiger partial charge on any atom is -0.491 e. The van der Waals surface area contributed by atoms with Crippen molar-refractivity contribution in [1.29, 1.82) is 5.41 Å². The van der Waals surface area contributed by atoms with Gasteiger partial charge in [-0.1, -0.05) is 18.0 Å². The molecule has 0 aliphatic carbocycles. The normalized spacial score (nSPS) is 8.09. The van der Waals surface area contributed by atoms with Crippen LogP contribution in [-0.2, 0) is 25.8 Å². The molecule has 0 amide bonds. The zero-order valence-corrected chi connectivity index (χ0v) is 8.93. The molecular weight excluding hydrogens is 312 g/mol. The van der Waals surface area contributed by atoms with Gasteiger partial charge in [0.05, 0.1) is 7.11 Å². The standard InChI is InChI=1S/C7H7N2O.W/c1-10-7(8)6-2-4-9-5-3-6;/h2-4,8H,1H3;/q-1;. The third kappa shape index (κ3) is 2.81. The van der Waals surface area contributed by atoms with Crippen LogP contribution in [0.3, 0.4) is 0 Å². The molecule has 1 aromatic heterocycles. The van der Waals surface area contributed by atoms with Gasteiger partial charge in [-0.25, -0.2) is 0 Å². The molecular formula is C7H7N2OW-. The average molecular weight is 319 g/mol. The van der Waals surface area contributed by atoms with Gasteiger partial charge in [0.25, 0.3) is 0 Å². The summed E-state index contributed by atoms with van der Waals surface area (Å²) in [5.41, 5.74) is 0.692. The van der Waals surface area contributed by atoms with E-state index < -0.39 is 0 Å². The first-order chi connectivity index (χ1) is 4.84. The van der Waals surface area contributed by atoms with Gasteiger partial charge >= 0.3 is 0 Å². The Hall–Kier alpha value is -0.692. The quantitative estimate of drug-likeness (QED) is 0.474. The van der Waals surface area contributed by atoms with Crippen molar-refractivity contribution in [3.05, 3.63) is 30.1 Å². The molecule has 1 rings (SSSR count). The molecule has 0 saturated carbocycles. The fourth-order valence-electron chi connectivity index (χ4n) is 0.575. The monoisotopic (exact) mass is 319 g/mol. The minimum atomic E-state index is 0. The number of rotatable bonds is 1. The topological polar surface area (TPSA) is 46.0 Å². The summed E-state index contributed by atoms with van der Waals surface area (Å²) in [5, 5.41) is 7.21. The molecule has 3 nitrogen and oxygen atoms in total. The molecule has 0 unspecified atom stereocenters. The maximum atomic E-state index is 7.21. The molecule has 0 radical (unpaired) electrons. The van der Waals surface area contributed by atoms with E-state index >= 15 is 0 Å². The van der Waals surface area contributed by atoms with Crippen LogP contribution in [0.2, 0.25) is 0 Å². The summed E-state index contributed by atoms with van der Waals surface area (Å²) in [6.45, 7) is 0. The molecule has 0 bridgehead atoms. The summed E-state index contributed by atoms with van der Waals surface area (Å²) < 4.78 is 4.67. The van der Waals surface area contributed by atoms with Gasteiger partial charge in [-0.3, -0.25) is 5.41 Å². The molecule has 1 N–H and O–H groups in total. The second-order valence-corrected chi connectivity index (χ2v) is 1.71. The van der Waals surface area contributed by atoms with Crippen molar-refractivity contribution < 1.29 is 25.8 Å². The van der Waals surface area contributed by atoms with Crippen LogP contribution in [-0.4, -0.2) is 18.0 Å². The molecule has 1 heterocycles. The third-order valence-electron chi connectivity index (χ3n) is 1.09. The molecule has 0 spiro atoms. The van der Waals surface area contributed by atoms with Gasteiger partial charge in [0.15, 0.2) is 5.90 Å². The molecule has 0 aliphatic heterocycles. The molecule has 0 atom stereocenters. The Morgan fingerprint density at radius 1 is 1.73 bits per heavy atom. The number of nitrogens with zero attached hydrogens (tertiary/aromatic N) is 1. The Morgan fingerprint density at radius 2 is 2.45 bits per heavy atom. The number of aromatic nitrogens is 1. The summed E-state index contributed by atoms with van der Waals surface area (Å²) in [5.74, 6) is 0.138. The van der Waals surface area contributed by atoms with Gasteiger partial charge in [-0.05, 0) is 0 Å². The maximum Gasteiger partial charge on any atom is 0.153 e. The van der Waals surface area contributed by atoms with Gasteiger partial charge < -0.3 is 9.72 Å². The number of methoxy groups -OCH3 is 1. The van der Waals surface area contributed by atoms with E-state index in [1.807, 2.05) is 0 Å². The van der Waals surface area contributed by atoms with Gasteiger partial charge in [-0.2, -0.15) is 0 Å². The van der Waals surface area contributed by atoms with Crippen molar-refractivity contribution in [3.63, 3.8) is 0 Å². The number of hydrogen-bond donors (Lipinski definition) is 1. The Morgan fingerprint density at radius 3 is 2.91 bits per heavy atom. The number of pyridine rings is 1. The van der Waals surface area contributed by atoms with E-state index in [0.717, 1.165) is 0 Å². The van der Waals surface area contributed by atoms with Crippen LogP contribution >= 0.6 is 0 Å². The summed E-state index contributed by atoms with van der Waals surface area (Å²) in [6, 6.07) is 3.30. The van der Waals surface area contributed by atoms with Crippen LogP contribution in [0.25, 0.3) is 0 Å². The third-order valence-corrected chi connectivity index (χ3v) is 1.09. The summed E-state index contributed by atoms with van der Waals surface area (Å²) in [4.78, 5) is 3.68.